The molecule has 1 N–H and O–H groups in total. The Bertz CT molecular complexity index is 399. The predicted octanol–water partition coefficient (Wildman–Crippen LogP) is -0.486. The molecular weight excluding hydrogens is 196 g/mol. The van der Waals surface area contributed by atoms with Crippen molar-refractivity contribution in [3.8, 4) is 0 Å². The van der Waals surface area contributed by atoms with Crippen LogP contribution in [0, 0.1) is 0 Å². The highest BCUT2D eigenvalue weighted by Crippen LogP contribution is 2.03. The van der Waals surface area contributed by atoms with Crippen LogP contribution in [0.1, 0.15) is 5.69 Å². The second-order valence-corrected chi connectivity index (χ2v) is 3.47. The van der Waals surface area contributed by atoms with Crippen LogP contribution in [0.15, 0.2) is 12.3 Å². The summed E-state index contributed by atoms with van der Waals surface area (Å²) >= 11 is 0. The summed E-state index contributed by atoms with van der Waals surface area (Å²) in [4.78, 5) is 23.6. The van der Waals surface area contributed by atoms with Crippen molar-refractivity contribution in [3.63, 3.8) is 0 Å². The van der Waals surface area contributed by atoms with Gasteiger partial charge in [0, 0.05) is 31.9 Å². The standard InChI is InChI=1S/C9H12N4O2/c1-12-7(2-4-10-12)3-5-13-6-8(14)11-9(13)15/h2,4H,3,5-6H2,1H3,(H,11,14,15). The summed E-state index contributed by atoms with van der Waals surface area (Å²) in [7, 11) is 1.85. The van der Waals surface area contributed by atoms with Gasteiger partial charge in [-0.2, -0.15) is 5.10 Å². The van der Waals surface area contributed by atoms with E-state index < -0.39 is 0 Å². The minimum atomic E-state index is -0.304. The number of amides is 3. The lowest BCUT2D eigenvalue weighted by Crippen LogP contribution is -2.30. The maximum atomic E-state index is 11.2. The summed E-state index contributed by atoms with van der Waals surface area (Å²) in [6, 6.07) is 1.60. The van der Waals surface area contributed by atoms with Crippen molar-refractivity contribution in [2.45, 2.75) is 6.42 Å². The van der Waals surface area contributed by atoms with E-state index in [1.165, 1.54) is 4.90 Å². The van der Waals surface area contributed by atoms with Crippen LogP contribution >= 0.6 is 0 Å². The van der Waals surface area contributed by atoms with Crippen LogP contribution in [0.3, 0.4) is 0 Å². The van der Waals surface area contributed by atoms with E-state index in [-0.39, 0.29) is 18.5 Å². The number of imide groups is 1. The van der Waals surface area contributed by atoms with Crippen molar-refractivity contribution < 1.29 is 9.59 Å². The summed E-state index contributed by atoms with van der Waals surface area (Å²) in [6.45, 7) is 0.702. The molecule has 1 saturated heterocycles. The number of carbonyl (C=O) groups excluding carboxylic acids is 2. The molecule has 0 aliphatic carbocycles. The zero-order chi connectivity index (χ0) is 10.8. The van der Waals surface area contributed by atoms with E-state index in [4.69, 9.17) is 0 Å². The second kappa shape index (κ2) is 3.72. The first-order valence-corrected chi connectivity index (χ1v) is 4.72. The van der Waals surface area contributed by atoms with Gasteiger partial charge in [0.05, 0.1) is 0 Å². The number of nitrogens with zero attached hydrogens (tertiary/aromatic N) is 3. The van der Waals surface area contributed by atoms with Crippen molar-refractivity contribution in [1.29, 1.82) is 0 Å². The molecule has 0 aromatic carbocycles. The summed E-state index contributed by atoms with van der Waals surface area (Å²) in [5, 5.41) is 6.26. The Labute approximate surface area is 86.9 Å². The summed E-state index contributed by atoms with van der Waals surface area (Å²) in [6.07, 6.45) is 2.42. The molecule has 6 heteroatoms. The van der Waals surface area contributed by atoms with Gasteiger partial charge in [-0.25, -0.2) is 4.79 Å². The van der Waals surface area contributed by atoms with E-state index in [0.29, 0.717) is 13.0 Å². The van der Waals surface area contributed by atoms with Gasteiger partial charge in [0.25, 0.3) is 0 Å². The molecule has 1 fully saturated rings. The van der Waals surface area contributed by atoms with Gasteiger partial charge in [-0.05, 0) is 6.07 Å². The van der Waals surface area contributed by atoms with E-state index >= 15 is 0 Å². The number of aromatic nitrogens is 2. The average molecular weight is 208 g/mol. The lowest BCUT2D eigenvalue weighted by molar-refractivity contribution is -0.118. The van der Waals surface area contributed by atoms with Gasteiger partial charge in [-0.15, -0.1) is 0 Å². The summed E-state index contributed by atoms with van der Waals surface area (Å²) < 4.78 is 1.76. The molecule has 80 valence electrons. The number of urea groups is 1. The van der Waals surface area contributed by atoms with Crippen LogP contribution in [0.2, 0.25) is 0 Å². The zero-order valence-corrected chi connectivity index (χ0v) is 8.43. The van der Waals surface area contributed by atoms with Crippen molar-refractivity contribution in [2.24, 2.45) is 7.05 Å². The monoisotopic (exact) mass is 208 g/mol. The minimum Gasteiger partial charge on any atom is -0.315 e. The number of hydrogen-bond donors (Lipinski definition) is 1. The molecule has 1 aliphatic rings. The molecule has 15 heavy (non-hydrogen) atoms. The number of rotatable bonds is 3. The lowest BCUT2D eigenvalue weighted by Gasteiger charge is -2.12. The van der Waals surface area contributed by atoms with Crippen molar-refractivity contribution in [3.05, 3.63) is 18.0 Å². The van der Waals surface area contributed by atoms with Crippen LogP contribution in [0.5, 0.6) is 0 Å². The van der Waals surface area contributed by atoms with E-state index in [2.05, 4.69) is 10.4 Å². The fourth-order valence-electron chi connectivity index (χ4n) is 1.56. The molecule has 0 spiro atoms. The molecule has 2 rings (SSSR count). The minimum absolute atomic E-state index is 0.163. The average Bonchev–Trinajstić information content (AvgIpc) is 2.70. The van der Waals surface area contributed by atoms with Crippen LogP contribution in [-0.2, 0) is 18.3 Å². The zero-order valence-electron chi connectivity index (χ0n) is 8.43. The molecule has 2 heterocycles. The largest absolute Gasteiger partial charge is 0.324 e. The Balaban J connectivity index is 1.91. The van der Waals surface area contributed by atoms with Crippen LogP contribution in [-0.4, -0.2) is 39.7 Å². The Morgan fingerprint density at radius 3 is 2.87 bits per heavy atom. The number of nitrogens with one attached hydrogen (secondary N) is 1. The Hall–Kier alpha value is -1.85. The number of carbonyl (C=O) groups is 2. The van der Waals surface area contributed by atoms with E-state index in [1.807, 2.05) is 13.1 Å². The Kier molecular flexibility index (Phi) is 2.40. The van der Waals surface area contributed by atoms with Gasteiger partial charge in [0.2, 0.25) is 5.91 Å². The first-order chi connectivity index (χ1) is 7.16. The second-order valence-electron chi connectivity index (χ2n) is 3.47. The first-order valence-electron chi connectivity index (χ1n) is 4.72. The highest BCUT2D eigenvalue weighted by atomic mass is 16.2. The summed E-state index contributed by atoms with van der Waals surface area (Å²) in [5.74, 6) is -0.231. The highest BCUT2D eigenvalue weighted by molar-refractivity contribution is 6.01. The maximum Gasteiger partial charge on any atom is 0.324 e. The molecule has 1 aromatic heterocycles. The quantitative estimate of drug-likeness (QED) is 0.682. The van der Waals surface area contributed by atoms with Crippen LogP contribution in [0.4, 0.5) is 4.79 Å². The molecule has 0 unspecified atom stereocenters. The van der Waals surface area contributed by atoms with E-state index in [1.54, 1.807) is 10.9 Å². The van der Waals surface area contributed by atoms with Crippen molar-refractivity contribution in [2.75, 3.05) is 13.1 Å². The molecule has 0 saturated carbocycles. The fourth-order valence-corrected chi connectivity index (χ4v) is 1.56. The van der Waals surface area contributed by atoms with Gasteiger partial charge in [0.1, 0.15) is 6.54 Å². The highest BCUT2D eigenvalue weighted by Gasteiger charge is 2.25. The lowest BCUT2D eigenvalue weighted by atomic mass is 10.3. The van der Waals surface area contributed by atoms with Gasteiger partial charge in [-0.3, -0.25) is 14.8 Å². The van der Waals surface area contributed by atoms with Gasteiger partial charge < -0.3 is 4.90 Å². The Morgan fingerprint density at radius 2 is 2.33 bits per heavy atom. The smallest absolute Gasteiger partial charge is 0.315 e. The van der Waals surface area contributed by atoms with Crippen molar-refractivity contribution in [1.82, 2.24) is 20.0 Å². The topological polar surface area (TPSA) is 67.2 Å². The van der Waals surface area contributed by atoms with Gasteiger partial charge >= 0.3 is 6.03 Å². The molecular formula is C9H12N4O2. The van der Waals surface area contributed by atoms with Gasteiger partial charge in [-0.1, -0.05) is 0 Å². The molecule has 0 atom stereocenters. The van der Waals surface area contributed by atoms with Gasteiger partial charge in [0.15, 0.2) is 0 Å². The van der Waals surface area contributed by atoms with Crippen LogP contribution in [0.25, 0.3) is 0 Å². The summed E-state index contributed by atoms with van der Waals surface area (Å²) in [5.41, 5.74) is 1.04. The molecule has 3 amide bonds. The maximum absolute atomic E-state index is 11.2. The predicted molar refractivity (Wildman–Crippen MR) is 52.0 cm³/mol. The number of aryl methyl sites for hydroxylation is 1. The molecule has 6 nitrogen and oxygen atoms in total. The first kappa shape index (κ1) is 9.70. The third-order valence-corrected chi connectivity index (χ3v) is 2.43. The Morgan fingerprint density at radius 1 is 1.53 bits per heavy atom. The van der Waals surface area contributed by atoms with E-state index in [0.717, 1.165) is 5.69 Å². The molecule has 1 aromatic rings. The number of hydrogen-bond acceptors (Lipinski definition) is 3. The normalized spacial score (nSPS) is 15.9. The van der Waals surface area contributed by atoms with E-state index in [9.17, 15) is 9.59 Å². The van der Waals surface area contributed by atoms with Crippen LogP contribution < -0.4 is 5.32 Å². The van der Waals surface area contributed by atoms with Crippen molar-refractivity contribution >= 4 is 11.9 Å². The molecule has 0 radical (unpaired) electrons. The molecule has 0 bridgehead atoms. The third-order valence-electron chi connectivity index (χ3n) is 2.43. The third kappa shape index (κ3) is 1.98. The SMILES string of the molecule is Cn1nccc1CCN1CC(=O)NC1=O. The fraction of sp³-hybridized carbons (Fsp3) is 0.444. The molecule has 1 aliphatic heterocycles.